The third-order valence-electron chi connectivity index (χ3n) is 2.31. The monoisotopic (exact) mass is 173 g/mol. The molecule has 0 aromatic heterocycles. The van der Waals surface area contributed by atoms with Crippen LogP contribution in [0.3, 0.4) is 0 Å². The Morgan fingerprint density at radius 1 is 1.38 bits per heavy atom. The van der Waals surface area contributed by atoms with Crippen LogP contribution >= 0.6 is 0 Å². The van der Waals surface area contributed by atoms with Gasteiger partial charge in [0.05, 0.1) is 13.2 Å². The molecule has 0 saturated heterocycles. The van der Waals surface area contributed by atoms with E-state index in [2.05, 4.69) is 17.0 Å². The minimum atomic E-state index is 0.494. The minimum absolute atomic E-state index is 0.494. The van der Waals surface area contributed by atoms with E-state index in [0.717, 1.165) is 25.2 Å². The topological polar surface area (TPSA) is 13.6 Å². The van der Waals surface area contributed by atoms with Gasteiger partial charge in [0.15, 0.2) is 0 Å². The molecule has 1 aliphatic rings. The molecule has 1 aliphatic heterocycles. The van der Waals surface area contributed by atoms with Crippen LogP contribution in [0.15, 0.2) is 18.2 Å². The molecule has 2 heteroatoms. The Labute approximate surface area is 78.0 Å². The van der Waals surface area contributed by atoms with Crippen molar-refractivity contribution in [3.05, 3.63) is 46.3 Å². The number of fused-ring (bicyclic) bond motifs is 1. The van der Waals surface area contributed by atoms with Gasteiger partial charge in [0.2, 0.25) is 6.54 Å². The van der Waals surface area contributed by atoms with Crippen molar-refractivity contribution in [3.63, 3.8) is 0 Å². The molecule has 2 rings (SSSR count). The van der Waals surface area contributed by atoms with E-state index in [-0.39, 0.29) is 0 Å². The highest BCUT2D eigenvalue weighted by molar-refractivity contribution is 5.33. The van der Waals surface area contributed by atoms with Crippen LogP contribution in [0.4, 0.5) is 0 Å². The normalized spacial score (nSPS) is 14.7. The number of rotatable bonds is 1. The predicted octanol–water partition coefficient (Wildman–Crippen LogP) is 2.18. The average molecular weight is 173 g/mol. The number of ether oxygens (including phenoxy) is 1. The van der Waals surface area contributed by atoms with Crippen LogP contribution in [0.2, 0.25) is 0 Å². The standard InChI is InChI=1S/C11H11NO/c1-12-7-9-2-3-11-8-13-5-4-10(11)6-9/h2-3,6H,4-5,7-8H2. The van der Waals surface area contributed by atoms with E-state index in [9.17, 15) is 0 Å². The highest BCUT2D eigenvalue weighted by atomic mass is 16.5. The Balaban J connectivity index is 2.31. The molecule has 1 aromatic rings. The van der Waals surface area contributed by atoms with Crippen LogP contribution in [-0.4, -0.2) is 6.61 Å². The fraction of sp³-hybridized carbons (Fsp3) is 0.364. The molecule has 0 N–H and O–H groups in total. The van der Waals surface area contributed by atoms with Crippen molar-refractivity contribution in [2.24, 2.45) is 0 Å². The number of hydrogen-bond donors (Lipinski definition) is 0. The molecule has 0 amide bonds. The molecule has 13 heavy (non-hydrogen) atoms. The van der Waals surface area contributed by atoms with Gasteiger partial charge in [0, 0.05) is 5.56 Å². The van der Waals surface area contributed by atoms with Crippen molar-refractivity contribution in [1.29, 1.82) is 0 Å². The van der Waals surface area contributed by atoms with Gasteiger partial charge in [-0.1, -0.05) is 12.1 Å². The largest absolute Gasteiger partial charge is 0.376 e. The second-order valence-electron chi connectivity index (χ2n) is 3.22. The maximum Gasteiger partial charge on any atom is 0.239 e. The van der Waals surface area contributed by atoms with Crippen molar-refractivity contribution < 1.29 is 4.74 Å². The van der Waals surface area contributed by atoms with Gasteiger partial charge in [0.1, 0.15) is 0 Å². The molecule has 0 saturated carbocycles. The number of benzene rings is 1. The summed E-state index contributed by atoms with van der Waals surface area (Å²) >= 11 is 0. The summed E-state index contributed by atoms with van der Waals surface area (Å²) in [6.07, 6.45) is 0.987. The zero-order valence-corrected chi connectivity index (χ0v) is 7.42. The van der Waals surface area contributed by atoms with E-state index in [0.29, 0.717) is 6.54 Å². The second-order valence-corrected chi connectivity index (χ2v) is 3.22. The molecule has 2 nitrogen and oxygen atoms in total. The first-order valence-corrected chi connectivity index (χ1v) is 4.42. The summed E-state index contributed by atoms with van der Waals surface area (Å²) in [7, 11) is 0. The molecule has 0 aliphatic carbocycles. The van der Waals surface area contributed by atoms with Crippen molar-refractivity contribution in [3.8, 4) is 0 Å². The van der Waals surface area contributed by atoms with Gasteiger partial charge < -0.3 is 9.58 Å². The molecule has 66 valence electrons. The summed E-state index contributed by atoms with van der Waals surface area (Å²) in [5.74, 6) is 0. The highest BCUT2D eigenvalue weighted by Gasteiger charge is 2.09. The summed E-state index contributed by atoms with van der Waals surface area (Å²) in [5, 5.41) is 0. The molecule has 0 spiro atoms. The number of nitrogens with zero attached hydrogens (tertiary/aromatic N) is 1. The summed E-state index contributed by atoms with van der Waals surface area (Å²) in [6, 6.07) is 6.23. The van der Waals surface area contributed by atoms with E-state index in [1.165, 1.54) is 11.1 Å². The zero-order chi connectivity index (χ0) is 9.10. The Hall–Kier alpha value is -1.33. The third-order valence-corrected chi connectivity index (χ3v) is 2.31. The van der Waals surface area contributed by atoms with Gasteiger partial charge in [-0.2, -0.15) is 0 Å². The highest BCUT2D eigenvalue weighted by Crippen LogP contribution is 2.18. The third kappa shape index (κ3) is 1.71. The fourth-order valence-electron chi connectivity index (χ4n) is 1.61. The van der Waals surface area contributed by atoms with Crippen LogP contribution in [0.1, 0.15) is 16.7 Å². The van der Waals surface area contributed by atoms with E-state index >= 15 is 0 Å². The summed E-state index contributed by atoms with van der Waals surface area (Å²) in [6.45, 7) is 8.82. The van der Waals surface area contributed by atoms with Crippen LogP contribution in [0.5, 0.6) is 0 Å². The van der Waals surface area contributed by atoms with Gasteiger partial charge in [-0.25, -0.2) is 6.57 Å². The Morgan fingerprint density at radius 2 is 2.31 bits per heavy atom. The average Bonchev–Trinajstić information content (AvgIpc) is 2.18. The maximum atomic E-state index is 6.78. The predicted molar refractivity (Wildman–Crippen MR) is 50.1 cm³/mol. The van der Waals surface area contributed by atoms with Crippen LogP contribution in [0, 0.1) is 6.57 Å². The Bertz CT molecular complexity index is 352. The van der Waals surface area contributed by atoms with E-state index in [4.69, 9.17) is 11.3 Å². The lowest BCUT2D eigenvalue weighted by atomic mass is 10.0. The molecule has 0 bridgehead atoms. The van der Waals surface area contributed by atoms with Crippen molar-refractivity contribution in [1.82, 2.24) is 0 Å². The fourth-order valence-corrected chi connectivity index (χ4v) is 1.61. The first-order chi connectivity index (χ1) is 6.40. The van der Waals surface area contributed by atoms with Gasteiger partial charge in [0.25, 0.3) is 0 Å². The number of hydrogen-bond acceptors (Lipinski definition) is 1. The van der Waals surface area contributed by atoms with E-state index in [1.807, 2.05) is 6.07 Å². The van der Waals surface area contributed by atoms with Crippen LogP contribution < -0.4 is 0 Å². The molecular formula is C11H11NO. The van der Waals surface area contributed by atoms with Gasteiger partial charge >= 0.3 is 0 Å². The second kappa shape index (κ2) is 3.59. The minimum Gasteiger partial charge on any atom is -0.376 e. The molecule has 0 atom stereocenters. The maximum absolute atomic E-state index is 6.78. The summed E-state index contributed by atoms with van der Waals surface area (Å²) in [5.41, 5.74) is 3.75. The first-order valence-electron chi connectivity index (χ1n) is 4.42. The Kier molecular flexibility index (Phi) is 2.29. The van der Waals surface area contributed by atoms with Gasteiger partial charge in [-0.3, -0.25) is 0 Å². The zero-order valence-electron chi connectivity index (χ0n) is 7.42. The van der Waals surface area contributed by atoms with Crippen molar-refractivity contribution in [2.45, 2.75) is 19.6 Å². The van der Waals surface area contributed by atoms with E-state index in [1.54, 1.807) is 0 Å². The molecule has 0 fully saturated rings. The molecular weight excluding hydrogens is 162 g/mol. The summed E-state index contributed by atoms with van der Waals surface area (Å²) < 4.78 is 5.34. The molecule has 1 heterocycles. The Morgan fingerprint density at radius 3 is 3.15 bits per heavy atom. The lowest BCUT2D eigenvalue weighted by Crippen LogP contribution is -2.09. The molecule has 0 radical (unpaired) electrons. The quantitative estimate of drug-likeness (QED) is 0.593. The van der Waals surface area contributed by atoms with E-state index < -0.39 is 0 Å². The summed E-state index contributed by atoms with van der Waals surface area (Å²) in [4.78, 5) is 3.37. The lowest BCUT2D eigenvalue weighted by molar-refractivity contribution is 0.110. The smallest absolute Gasteiger partial charge is 0.239 e. The van der Waals surface area contributed by atoms with Crippen molar-refractivity contribution >= 4 is 0 Å². The van der Waals surface area contributed by atoms with Crippen LogP contribution in [0.25, 0.3) is 4.85 Å². The lowest BCUT2D eigenvalue weighted by Gasteiger charge is -2.16. The first kappa shape index (κ1) is 8.28. The van der Waals surface area contributed by atoms with Crippen LogP contribution in [-0.2, 0) is 24.3 Å². The van der Waals surface area contributed by atoms with Gasteiger partial charge in [-0.05, 0) is 23.6 Å². The molecule has 0 unspecified atom stereocenters. The SMILES string of the molecule is [C-]#[N+]Cc1ccc2c(c1)CCOC2. The van der Waals surface area contributed by atoms with Crippen molar-refractivity contribution in [2.75, 3.05) is 6.61 Å². The molecule has 1 aromatic carbocycles. The van der Waals surface area contributed by atoms with Gasteiger partial charge in [-0.15, -0.1) is 0 Å².